The Labute approximate surface area is 122 Å². The van der Waals surface area contributed by atoms with Crippen molar-refractivity contribution in [2.45, 2.75) is 40.2 Å². The highest BCUT2D eigenvalue weighted by atomic mass is 32.1. The molecule has 0 aliphatic carbocycles. The van der Waals surface area contributed by atoms with E-state index >= 15 is 0 Å². The van der Waals surface area contributed by atoms with Crippen molar-refractivity contribution in [3.8, 4) is 0 Å². The second-order valence-electron chi connectivity index (χ2n) is 6.09. The predicted molar refractivity (Wildman–Crippen MR) is 82.5 cm³/mol. The Bertz CT molecular complexity index is 680. The summed E-state index contributed by atoms with van der Waals surface area (Å²) in [7, 11) is 0. The number of fused-ring (bicyclic) bond motifs is 1. The summed E-state index contributed by atoms with van der Waals surface area (Å²) in [6.07, 6.45) is 2.55. The third-order valence-corrected chi connectivity index (χ3v) is 5.59. The molecule has 0 spiro atoms. The smallest absolute Gasteiger partial charge is 0.260 e. The fourth-order valence-corrected chi connectivity index (χ4v) is 4.02. The highest BCUT2D eigenvalue weighted by Gasteiger charge is 2.20. The van der Waals surface area contributed by atoms with E-state index in [1.807, 2.05) is 6.92 Å². The van der Waals surface area contributed by atoms with Crippen LogP contribution in [-0.2, 0) is 6.54 Å². The largest absolute Gasteiger partial charge is 0.329 e. The minimum Gasteiger partial charge on any atom is -0.329 e. The van der Waals surface area contributed by atoms with Crippen LogP contribution in [0.25, 0.3) is 10.2 Å². The van der Waals surface area contributed by atoms with Crippen molar-refractivity contribution in [1.29, 1.82) is 0 Å². The molecule has 0 atom stereocenters. The van der Waals surface area contributed by atoms with E-state index in [9.17, 15) is 4.79 Å². The fraction of sp³-hybridized carbons (Fsp3) is 0.600. The molecular formula is C15H22N3OS+. The van der Waals surface area contributed by atoms with Crippen LogP contribution < -0.4 is 10.5 Å². The number of aromatic amines is 1. The van der Waals surface area contributed by atoms with Gasteiger partial charge in [-0.15, -0.1) is 11.3 Å². The summed E-state index contributed by atoms with van der Waals surface area (Å²) in [5.74, 6) is 1.68. The van der Waals surface area contributed by atoms with Crippen molar-refractivity contribution in [2.24, 2.45) is 5.92 Å². The van der Waals surface area contributed by atoms with Crippen LogP contribution in [0, 0.1) is 19.8 Å². The Balaban J connectivity index is 1.88. The highest BCUT2D eigenvalue weighted by molar-refractivity contribution is 7.18. The standard InChI is InChI=1S/C15H21N3OS/c1-9-4-6-18(7-5-9)8-12-16-14(19)13-10(2)11(3)20-15(13)17-12/h9H,4-8H2,1-3H3,(H,16,17,19)/p+1. The van der Waals surface area contributed by atoms with E-state index in [-0.39, 0.29) is 5.56 Å². The highest BCUT2D eigenvalue weighted by Crippen LogP contribution is 2.25. The predicted octanol–water partition coefficient (Wildman–Crippen LogP) is 1.42. The van der Waals surface area contributed by atoms with E-state index in [2.05, 4.69) is 23.8 Å². The Morgan fingerprint density at radius 2 is 2.05 bits per heavy atom. The third kappa shape index (κ3) is 2.52. The molecule has 1 aliphatic heterocycles. The number of quaternary nitrogens is 1. The summed E-state index contributed by atoms with van der Waals surface area (Å²) in [5.41, 5.74) is 1.10. The van der Waals surface area contributed by atoms with E-state index < -0.39 is 0 Å². The lowest BCUT2D eigenvalue weighted by molar-refractivity contribution is -0.920. The Morgan fingerprint density at radius 1 is 1.35 bits per heavy atom. The molecule has 3 rings (SSSR count). The van der Waals surface area contributed by atoms with Gasteiger partial charge in [-0.25, -0.2) is 4.98 Å². The SMILES string of the molecule is Cc1sc2nc(C[NH+]3CCC(C)CC3)[nH]c(=O)c2c1C. The molecule has 0 amide bonds. The summed E-state index contributed by atoms with van der Waals surface area (Å²) in [5, 5.41) is 0.776. The first kappa shape index (κ1) is 13.8. The van der Waals surface area contributed by atoms with Crippen LogP contribution in [0.1, 0.15) is 36.0 Å². The van der Waals surface area contributed by atoms with Crippen molar-refractivity contribution in [1.82, 2.24) is 9.97 Å². The summed E-state index contributed by atoms with van der Waals surface area (Å²) in [6, 6.07) is 0. The second kappa shape index (κ2) is 5.30. The molecule has 1 fully saturated rings. The van der Waals surface area contributed by atoms with Gasteiger partial charge in [0, 0.05) is 4.88 Å². The summed E-state index contributed by atoms with van der Waals surface area (Å²) >= 11 is 1.63. The van der Waals surface area contributed by atoms with Gasteiger partial charge in [-0.1, -0.05) is 6.92 Å². The van der Waals surface area contributed by atoms with E-state index in [0.29, 0.717) is 0 Å². The molecule has 3 heterocycles. The molecule has 2 aromatic rings. The fourth-order valence-electron chi connectivity index (χ4n) is 2.97. The number of H-pyrrole nitrogens is 1. The van der Waals surface area contributed by atoms with Crippen molar-refractivity contribution in [3.63, 3.8) is 0 Å². The van der Waals surface area contributed by atoms with Crippen molar-refractivity contribution in [2.75, 3.05) is 13.1 Å². The molecule has 4 nitrogen and oxygen atoms in total. The maximum atomic E-state index is 12.2. The zero-order valence-electron chi connectivity index (χ0n) is 12.4. The molecule has 0 unspecified atom stereocenters. The van der Waals surface area contributed by atoms with Gasteiger partial charge in [0.1, 0.15) is 11.4 Å². The molecule has 5 heteroatoms. The van der Waals surface area contributed by atoms with Gasteiger partial charge >= 0.3 is 0 Å². The molecule has 108 valence electrons. The number of hydrogen-bond donors (Lipinski definition) is 2. The zero-order chi connectivity index (χ0) is 14.3. The number of hydrogen-bond acceptors (Lipinski definition) is 3. The first-order valence-electron chi connectivity index (χ1n) is 7.37. The molecule has 0 aromatic carbocycles. The molecule has 1 saturated heterocycles. The number of aryl methyl sites for hydroxylation is 2. The number of thiophene rings is 1. The Morgan fingerprint density at radius 3 is 2.75 bits per heavy atom. The maximum absolute atomic E-state index is 12.2. The summed E-state index contributed by atoms with van der Waals surface area (Å²) in [4.78, 5) is 23.5. The molecule has 1 aliphatic rings. The van der Waals surface area contributed by atoms with Crippen LogP contribution >= 0.6 is 11.3 Å². The van der Waals surface area contributed by atoms with E-state index in [0.717, 1.165) is 34.1 Å². The first-order valence-corrected chi connectivity index (χ1v) is 8.18. The van der Waals surface area contributed by atoms with Crippen LogP contribution in [0.2, 0.25) is 0 Å². The normalized spacial score (nSPS) is 23.4. The van der Waals surface area contributed by atoms with Gasteiger partial charge in [0.2, 0.25) is 0 Å². The third-order valence-electron chi connectivity index (χ3n) is 4.49. The minimum absolute atomic E-state index is 0.0247. The van der Waals surface area contributed by atoms with E-state index in [4.69, 9.17) is 0 Å². The number of piperidine rings is 1. The van der Waals surface area contributed by atoms with Gasteiger partial charge in [-0.3, -0.25) is 4.79 Å². The quantitative estimate of drug-likeness (QED) is 0.879. The monoisotopic (exact) mass is 292 g/mol. The average Bonchev–Trinajstić information content (AvgIpc) is 2.68. The second-order valence-corrected chi connectivity index (χ2v) is 7.29. The van der Waals surface area contributed by atoms with Crippen LogP contribution in [0.15, 0.2) is 4.79 Å². The molecule has 0 radical (unpaired) electrons. The lowest BCUT2D eigenvalue weighted by Gasteiger charge is -2.26. The molecule has 2 aromatic heterocycles. The van der Waals surface area contributed by atoms with Gasteiger partial charge < -0.3 is 9.88 Å². The van der Waals surface area contributed by atoms with Gasteiger partial charge in [-0.05, 0) is 38.2 Å². The van der Waals surface area contributed by atoms with Gasteiger partial charge in [0.15, 0.2) is 5.82 Å². The molecular weight excluding hydrogens is 270 g/mol. The van der Waals surface area contributed by atoms with Crippen molar-refractivity contribution in [3.05, 3.63) is 26.6 Å². The number of aromatic nitrogens is 2. The number of nitrogens with one attached hydrogen (secondary N) is 2. The molecule has 0 bridgehead atoms. The van der Waals surface area contributed by atoms with Crippen molar-refractivity contribution < 1.29 is 4.90 Å². The van der Waals surface area contributed by atoms with Gasteiger partial charge in [0.25, 0.3) is 5.56 Å². The zero-order valence-corrected chi connectivity index (χ0v) is 13.2. The lowest BCUT2D eigenvalue weighted by atomic mass is 9.99. The average molecular weight is 292 g/mol. The number of likely N-dealkylation sites (tertiary alicyclic amines) is 1. The molecule has 20 heavy (non-hydrogen) atoms. The van der Waals surface area contributed by atoms with Gasteiger partial charge in [0.05, 0.1) is 18.5 Å². The number of nitrogens with zero attached hydrogens (tertiary/aromatic N) is 1. The number of rotatable bonds is 2. The summed E-state index contributed by atoms with van der Waals surface area (Å²) in [6.45, 7) is 9.59. The Kier molecular flexibility index (Phi) is 3.65. The van der Waals surface area contributed by atoms with Crippen LogP contribution in [0.3, 0.4) is 0 Å². The van der Waals surface area contributed by atoms with Crippen LogP contribution in [0.5, 0.6) is 0 Å². The molecule has 2 N–H and O–H groups in total. The minimum atomic E-state index is 0.0247. The first-order chi connectivity index (χ1) is 9.54. The van der Waals surface area contributed by atoms with Crippen molar-refractivity contribution >= 4 is 21.6 Å². The van der Waals surface area contributed by atoms with E-state index in [1.54, 1.807) is 11.3 Å². The van der Waals surface area contributed by atoms with Crippen LogP contribution in [0.4, 0.5) is 0 Å². The van der Waals surface area contributed by atoms with Crippen LogP contribution in [-0.4, -0.2) is 23.1 Å². The summed E-state index contributed by atoms with van der Waals surface area (Å²) < 4.78 is 0. The lowest BCUT2D eigenvalue weighted by Crippen LogP contribution is -3.11. The van der Waals surface area contributed by atoms with E-state index in [1.165, 1.54) is 35.7 Å². The Hall–Kier alpha value is -1.20. The topological polar surface area (TPSA) is 50.2 Å². The molecule has 0 saturated carbocycles. The van der Waals surface area contributed by atoms with Gasteiger partial charge in [-0.2, -0.15) is 0 Å². The maximum Gasteiger partial charge on any atom is 0.260 e.